The molecule has 0 saturated carbocycles. The molecule has 1 atom stereocenters. The largest absolute Gasteiger partial charge is 1.00 e. The number of aliphatic carboxylic acids is 1. The van der Waals surface area contributed by atoms with Crippen LogP contribution in [0.4, 0.5) is 0 Å². The molecule has 3 rings (SSSR count). The topological polar surface area (TPSA) is 93.5 Å². The third-order valence-electron chi connectivity index (χ3n) is 5.03. The maximum Gasteiger partial charge on any atom is 1.00 e. The van der Waals surface area contributed by atoms with Gasteiger partial charge in [0.05, 0.1) is 18.2 Å². The second kappa shape index (κ2) is 13.8. The molecule has 0 saturated heterocycles. The Morgan fingerprint density at radius 2 is 1.79 bits per heavy atom. The molecule has 168 valence electrons. The minimum Gasteiger partial charge on any atom is -0.547 e. The van der Waals surface area contributed by atoms with Crippen molar-refractivity contribution in [3.05, 3.63) is 82.4 Å². The van der Waals surface area contributed by atoms with Crippen LogP contribution in [0.2, 0.25) is 0 Å². The second-order valence-corrected chi connectivity index (χ2v) is 7.23. The number of ether oxygens (including phenoxy) is 2. The molecule has 1 heterocycles. The summed E-state index contributed by atoms with van der Waals surface area (Å²) < 4.78 is 12.6. The summed E-state index contributed by atoms with van der Waals surface area (Å²) in [7, 11) is 0. The van der Waals surface area contributed by atoms with Crippen LogP contribution < -0.4 is 66.8 Å². The molecule has 2 aromatic carbocycles. The van der Waals surface area contributed by atoms with Gasteiger partial charge in [0, 0.05) is 31.1 Å². The Morgan fingerprint density at radius 1 is 1.09 bits per heavy atom. The fourth-order valence-electron chi connectivity index (χ4n) is 3.42. The third-order valence-corrected chi connectivity index (χ3v) is 5.03. The van der Waals surface area contributed by atoms with Crippen LogP contribution in [0.15, 0.2) is 65.5 Å². The zero-order valence-corrected chi connectivity index (χ0v) is 22.4. The van der Waals surface area contributed by atoms with Gasteiger partial charge in [-0.1, -0.05) is 49.4 Å². The van der Waals surface area contributed by atoms with E-state index >= 15 is 0 Å². The minimum atomic E-state index is -1.23. The molecule has 0 bridgehead atoms. The van der Waals surface area contributed by atoms with E-state index in [0.717, 1.165) is 11.1 Å². The Balaban J connectivity index is 0.00000385. The van der Waals surface area contributed by atoms with E-state index < -0.39 is 12.1 Å². The van der Waals surface area contributed by atoms with Crippen LogP contribution in [-0.4, -0.2) is 34.8 Å². The van der Waals surface area contributed by atoms with Crippen LogP contribution in [-0.2, 0) is 28.9 Å². The molecule has 0 radical (unpaired) electrons. The van der Waals surface area contributed by atoms with E-state index in [0.29, 0.717) is 43.4 Å². The van der Waals surface area contributed by atoms with Crippen LogP contribution in [0.3, 0.4) is 0 Å². The number of carbonyl (C=O) groups excluding carboxylic acids is 1. The predicted molar refractivity (Wildman–Crippen MR) is 119 cm³/mol. The Hall–Kier alpha value is -1.81. The number of aryl methyl sites for hydroxylation is 1. The van der Waals surface area contributed by atoms with Crippen molar-refractivity contribution in [1.82, 2.24) is 9.55 Å². The zero-order chi connectivity index (χ0) is 22.9. The van der Waals surface area contributed by atoms with Gasteiger partial charge in [-0.3, -0.25) is 9.36 Å². The first-order valence-electron chi connectivity index (χ1n) is 10.7. The predicted octanol–water partition coefficient (Wildman–Crippen LogP) is -0.747. The summed E-state index contributed by atoms with van der Waals surface area (Å²) in [5.74, 6) is 0.117. The SMILES string of the molecule is CCO[C@@H](Cc1ccc(OCCn2c(CC)nc(-c3ccccc3)cc2=O)cc1)C(=O)[O-].[K+]. The van der Waals surface area contributed by atoms with Crippen LogP contribution in [0.1, 0.15) is 25.2 Å². The van der Waals surface area contributed by atoms with E-state index in [4.69, 9.17) is 9.47 Å². The minimum absolute atomic E-state index is 0. The van der Waals surface area contributed by atoms with E-state index in [2.05, 4.69) is 4.98 Å². The first-order valence-corrected chi connectivity index (χ1v) is 10.7. The summed E-state index contributed by atoms with van der Waals surface area (Å²) in [4.78, 5) is 28.5. The van der Waals surface area contributed by atoms with Gasteiger partial charge in [0.25, 0.3) is 5.56 Å². The second-order valence-electron chi connectivity index (χ2n) is 7.23. The molecule has 3 aromatic rings. The van der Waals surface area contributed by atoms with Crippen LogP contribution in [0, 0.1) is 0 Å². The number of benzene rings is 2. The molecule has 0 aliphatic heterocycles. The van der Waals surface area contributed by atoms with Crippen molar-refractivity contribution in [2.45, 2.75) is 39.3 Å². The molecular weight excluding hydrogens is 447 g/mol. The molecular formula is C25H27KN2O5. The van der Waals surface area contributed by atoms with E-state index in [9.17, 15) is 14.7 Å². The number of hydrogen-bond acceptors (Lipinski definition) is 6. The summed E-state index contributed by atoms with van der Waals surface area (Å²) in [5, 5.41) is 11.1. The average molecular weight is 475 g/mol. The number of carboxylic acid groups (broad SMARTS) is 1. The fourth-order valence-corrected chi connectivity index (χ4v) is 3.42. The molecule has 0 N–H and O–H groups in total. The summed E-state index contributed by atoms with van der Waals surface area (Å²) >= 11 is 0. The first kappa shape index (κ1) is 27.4. The summed E-state index contributed by atoms with van der Waals surface area (Å²) in [6.45, 7) is 4.70. The van der Waals surface area contributed by atoms with Crippen molar-refractivity contribution in [1.29, 1.82) is 0 Å². The number of rotatable bonds is 11. The third kappa shape index (κ3) is 7.87. The van der Waals surface area contributed by atoms with Crippen LogP contribution in [0.5, 0.6) is 5.75 Å². The number of carbonyl (C=O) groups is 1. The number of nitrogens with zero attached hydrogens (tertiary/aromatic N) is 2. The van der Waals surface area contributed by atoms with Crippen molar-refractivity contribution >= 4 is 5.97 Å². The van der Waals surface area contributed by atoms with Gasteiger partial charge in [-0.25, -0.2) is 4.98 Å². The maximum atomic E-state index is 12.7. The van der Waals surface area contributed by atoms with Crippen molar-refractivity contribution < 1.29 is 70.8 Å². The molecule has 0 fully saturated rings. The van der Waals surface area contributed by atoms with Crippen molar-refractivity contribution in [2.24, 2.45) is 0 Å². The Kier molecular flexibility index (Phi) is 11.5. The Labute approximate surface area is 236 Å². The van der Waals surface area contributed by atoms with Gasteiger partial charge in [-0.15, -0.1) is 0 Å². The van der Waals surface area contributed by atoms with Gasteiger partial charge >= 0.3 is 51.4 Å². The van der Waals surface area contributed by atoms with E-state index in [1.807, 2.05) is 37.3 Å². The number of hydrogen-bond donors (Lipinski definition) is 0. The van der Waals surface area contributed by atoms with Crippen molar-refractivity contribution in [3.8, 4) is 17.0 Å². The summed E-state index contributed by atoms with van der Waals surface area (Å²) in [6.07, 6.45) is -0.118. The van der Waals surface area contributed by atoms with Gasteiger partial charge in [0.2, 0.25) is 0 Å². The quantitative estimate of drug-likeness (QED) is 0.340. The van der Waals surface area contributed by atoms with E-state index in [-0.39, 0.29) is 63.4 Å². The fraction of sp³-hybridized carbons (Fsp3) is 0.320. The van der Waals surface area contributed by atoms with Gasteiger partial charge in [0.1, 0.15) is 24.3 Å². The zero-order valence-electron chi connectivity index (χ0n) is 19.3. The van der Waals surface area contributed by atoms with Gasteiger partial charge in [0.15, 0.2) is 0 Å². The summed E-state index contributed by atoms with van der Waals surface area (Å²) in [6, 6.07) is 18.3. The molecule has 0 amide bonds. The van der Waals surface area contributed by atoms with Gasteiger partial charge in [-0.2, -0.15) is 0 Å². The average Bonchev–Trinajstić information content (AvgIpc) is 2.81. The molecule has 8 heteroatoms. The molecule has 7 nitrogen and oxygen atoms in total. The van der Waals surface area contributed by atoms with Gasteiger partial charge in [-0.05, 0) is 24.6 Å². The molecule has 33 heavy (non-hydrogen) atoms. The molecule has 0 aliphatic carbocycles. The van der Waals surface area contributed by atoms with Crippen molar-refractivity contribution in [2.75, 3.05) is 13.2 Å². The molecule has 0 spiro atoms. The Bertz CT molecular complexity index is 1080. The van der Waals surface area contributed by atoms with Crippen LogP contribution in [0.25, 0.3) is 11.3 Å². The van der Waals surface area contributed by atoms with Gasteiger partial charge < -0.3 is 19.4 Å². The number of carboxylic acids is 1. The van der Waals surface area contributed by atoms with E-state index in [1.165, 1.54) is 0 Å². The standard InChI is InChI=1S/C25H28N2O5.K/c1-3-23-26-21(19-8-6-5-7-9-19)17-24(28)27(23)14-15-32-20-12-10-18(11-13-20)16-22(25(29)30)31-4-2;/h5-13,17,22H,3-4,14-16H2,1-2H3,(H,29,30);/q;+1/p-1/t22-;/m0./s1. The first-order chi connectivity index (χ1) is 15.5. The van der Waals surface area contributed by atoms with Crippen molar-refractivity contribution in [3.63, 3.8) is 0 Å². The number of aromatic nitrogens is 2. The maximum absolute atomic E-state index is 12.7. The molecule has 0 aliphatic rings. The van der Waals surface area contributed by atoms with E-state index in [1.54, 1.807) is 41.8 Å². The summed E-state index contributed by atoms with van der Waals surface area (Å²) in [5.41, 5.74) is 2.28. The smallest absolute Gasteiger partial charge is 0.547 e. The Morgan fingerprint density at radius 3 is 2.39 bits per heavy atom. The monoisotopic (exact) mass is 474 g/mol. The molecule has 1 aromatic heterocycles. The molecule has 0 unspecified atom stereocenters. The van der Waals surface area contributed by atoms with Crippen LogP contribution >= 0.6 is 0 Å². The normalized spacial score (nSPS) is 11.5.